The zero-order chi connectivity index (χ0) is 37.3. The van der Waals surface area contributed by atoms with Crippen molar-refractivity contribution in [3.63, 3.8) is 0 Å². The van der Waals surface area contributed by atoms with E-state index >= 15 is 8.42 Å². The van der Waals surface area contributed by atoms with E-state index in [9.17, 15) is 9.90 Å². The fraction of sp³-hybridized carbons (Fsp3) is 0.829. The highest BCUT2D eigenvalue weighted by molar-refractivity contribution is 7.87. The topological polar surface area (TPSA) is 171 Å². The Morgan fingerprint density at radius 3 is 1.24 bits per heavy atom. The molecule has 1 aromatic rings. The van der Waals surface area contributed by atoms with Gasteiger partial charge in [0.1, 0.15) is 6.04 Å². The summed E-state index contributed by atoms with van der Waals surface area (Å²) in [5, 5.41) is 39.1. The van der Waals surface area contributed by atoms with Crippen LogP contribution in [0.25, 0.3) is 0 Å². The number of rotatable bonds is 6. The third-order valence-electron chi connectivity index (χ3n) is 16.1. The van der Waals surface area contributed by atoms with Crippen molar-refractivity contribution in [1.82, 2.24) is 46.2 Å². The fourth-order valence-electron chi connectivity index (χ4n) is 13.6. The number of hydrogen-bond donors (Lipinski definition) is 9. The van der Waals surface area contributed by atoms with Crippen LogP contribution in [0.2, 0.25) is 0 Å². The first-order valence-corrected chi connectivity index (χ1v) is 23.7. The van der Waals surface area contributed by atoms with Crippen LogP contribution >= 0.6 is 0 Å². The monoisotopic (exact) mass is 779 g/mol. The summed E-state index contributed by atoms with van der Waals surface area (Å²) in [5.74, 6) is 1.92. The molecule has 1 aromatic carbocycles. The van der Waals surface area contributed by atoms with E-state index in [1.807, 2.05) is 30.3 Å². The van der Waals surface area contributed by atoms with E-state index in [0.717, 1.165) is 56.9 Å². The van der Waals surface area contributed by atoms with Gasteiger partial charge in [-0.25, -0.2) is 0 Å². The zero-order valence-electron chi connectivity index (χ0n) is 32.2. The Balaban J connectivity index is 1.04. The van der Waals surface area contributed by atoms with Gasteiger partial charge in [0.2, 0.25) is 0 Å². The summed E-state index contributed by atoms with van der Waals surface area (Å²) in [7, 11) is -4.30. The standard InChI is InChI=1S/C41H65N9O4S/c51-41(52)32(22-23-12-2-1-3-13-23)49-55(53,54)50-39-30-20-10-11-21-31(30)40(50)48-38-29-19-9-7-17-27(29)36(46-38)44-34-25-15-5-4-14-24(25)33(42-34)43-35-26-16-6-8-18-28(26)37(45-35)47-39/h1-3,12-13,24-40,42-49H,4-11,14-22H2,(H,51,52). The number of carbonyl (C=O) groups is 1. The minimum Gasteiger partial charge on any atom is -0.480 e. The van der Waals surface area contributed by atoms with Crippen LogP contribution in [0.15, 0.2) is 30.3 Å². The third-order valence-corrected chi connectivity index (χ3v) is 17.7. The lowest BCUT2D eigenvalue weighted by Crippen LogP contribution is -2.65. The molecule has 0 spiro atoms. The molecule has 4 saturated carbocycles. The second-order valence-corrected chi connectivity index (χ2v) is 20.5. The maximum Gasteiger partial charge on any atom is 0.322 e. The Bertz CT molecular complexity index is 1570. The van der Waals surface area contributed by atoms with Gasteiger partial charge in [-0.05, 0) is 111 Å². The van der Waals surface area contributed by atoms with Crippen molar-refractivity contribution < 1.29 is 18.3 Å². The number of fused-ring (bicyclic) bond motifs is 20. The number of hydrogen-bond acceptors (Lipinski definition) is 10. The summed E-state index contributed by atoms with van der Waals surface area (Å²) in [6.07, 6.45) is 18.3. The number of benzene rings is 1. The molecule has 5 heterocycles. The van der Waals surface area contributed by atoms with Crippen LogP contribution in [0.5, 0.6) is 0 Å². The number of carboxylic acids is 1. The molecule has 9 fully saturated rings. The van der Waals surface area contributed by atoms with Gasteiger partial charge in [0.15, 0.2) is 0 Å². The van der Waals surface area contributed by atoms with Crippen molar-refractivity contribution in [2.24, 2.45) is 47.3 Å². The molecule has 304 valence electrons. The molecule has 0 aromatic heterocycles. The molecule has 0 radical (unpaired) electrons. The molecule has 4 aliphatic carbocycles. The van der Waals surface area contributed by atoms with Gasteiger partial charge in [-0.2, -0.15) is 17.4 Å². The Morgan fingerprint density at radius 2 is 0.891 bits per heavy atom. The van der Waals surface area contributed by atoms with Crippen LogP contribution < -0.4 is 41.9 Å². The normalized spacial score (nSPS) is 46.3. The number of nitrogens with zero attached hydrogens (tertiary/aromatic N) is 1. The van der Waals surface area contributed by atoms with Gasteiger partial charge in [0.25, 0.3) is 10.2 Å². The minimum atomic E-state index is -4.30. The molecular formula is C41H65N9O4S. The van der Waals surface area contributed by atoms with Crippen LogP contribution in [-0.4, -0.2) is 79.2 Å². The van der Waals surface area contributed by atoms with Crippen LogP contribution in [0.1, 0.15) is 108 Å². The lowest BCUT2D eigenvalue weighted by Gasteiger charge is -2.38. The van der Waals surface area contributed by atoms with Crippen molar-refractivity contribution in [3.8, 4) is 0 Å². The first-order chi connectivity index (χ1) is 26.8. The maximum atomic E-state index is 15.1. The van der Waals surface area contributed by atoms with E-state index in [2.05, 4.69) is 41.9 Å². The van der Waals surface area contributed by atoms with Crippen molar-refractivity contribution in [3.05, 3.63) is 35.9 Å². The predicted octanol–water partition coefficient (Wildman–Crippen LogP) is 2.85. The molecule has 9 aliphatic rings. The van der Waals surface area contributed by atoms with Crippen LogP contribution in [0.4, 0.5) is 0 Å². The van der Waals surface area contributed by atoms with Crippen LogP contribution in [0.3, 0.4) is 0 Å². The Morgan fingerprint density at radius 1 is 0.564 bits per heavy atom. The molecule has 55 heavy (non-hydrogen) atoms. The summed E-state index contributed by atoms with van der Waals surface area (Å²) in [6.45, 7) is 0. The van der Waals surface area contributed by atoms with Gasteiger partial charge in [0.05, 0.1) is 49.3 Å². The van der Waals surface area contributed by atoms with Gasteiger partial charge >= 0.3 is 5.97 Å². The van der Waals surface area contributed by atoms with Gasteiger partial charge in [-0.3, -0.25) is 42.0 Å². The first kappa shape index (κ1) is 37.5. The van der Waals surface area contributed by atoms with Crippen molar-refractivity contribution in [1.29, 1.82) is 0 Å². The quantitative estimate of drug-likeness (QED) is 0.208. The summed E-state index contributed by atoms with van der Waals surface area (Å²) >= 11 is 0. The van der Waals surface area contributed by atoms with E-state index in [1.165, 1.54) is 51.4 Å². The predicted molar refractivity (Wildman–Crippen MR) is 210 cm³/mol. The van der Waals surface area contributed by atoms with Gasteiger partial charge in [0, 0.05) is 0 Å². The SMILES string of the molecule is O=C(O)C(Cc1ccccc1)NS(=O)(=O)N1C2NC3NC(NC4NC(NC5NC(NC1C1CCCCC12)C1CCCCC51)C1CCCCC41)C1CCCCC31. The largest absolute Gasteiger partial charge is 0.480 e. The molecule has 10 rings (SSSR count). The van der Waals surface area contributed by atoms with E-state index in [0.29, 0.717) is 35.5 Å². The lowest BCUT2D eigenvalue weighted by molar-refractivity contribution is -0.139. The van der Waals surface area contributed by atoms with E-state index in [-0.39, 0.29) is 55.3 Å². The Labute approximate surface area is 327 Å². The van der Waals surface area contributed by atoms with E-state index < -0.39 is 34.6 Å². The zero-order valence-corrected chi connectivity index (χ0v) is 33.1. The second-order valence-electron chi connectivity index (χ2n) is 18.9. The molecule has 14 heteroatoms. The van der Waals surface area contributed by atoms with Crippen molar-refractivity contribution >= 4 is 16.2 Å². The maximum absolute atomic E-state index is 15.1. The third kappa shape index (κ3) is 7.01. The van der Waals surface area contributed by atoms with Gasteiger partial charge in [-0.15, -0.1) is 0 Å². The molecule has 17 atom stereocenters. The van der Waals surface area contributed by atoms with E-state index in [4.69, 9.17) is 0 Å². The van der Waals surface area contributed by atoms with Crippen molar-refractivity contribution in [2.45, 2.75) is 165 Å². The lowest BCUT2D eigenvalue weighted by atomic mass is 9.76. The average molecular weight is 780 g/mol. The molecule has 9 N–H and O–H groups in total. The molecular weight excluding hydrogens is 715 g/mol. The fourth-order valence-corrected chi connectivity index (χ4v) is 15.3. The average Bonchev–Trinajstić information content (AvgIpc) is 3.93. The summed E-state index contributed by atoms with van der Waals surface area (Å²) in [6, 6.07) is 8.06. The molecule has 0 amide bonds. The van der Waals surface area contributed by atoms with Gasteiger partial charge < -0.3 is 5.11 Å². The highest BCUT2D eigenvalue weighted by Crippen LogP contribution is 2.48. The highest BCUT2D eigenvalue weighted by Gasteiger charge is 2.59. The Hall–Kier alpha value is -1.72. The minimum absolute atomic E-state index is 0.0477. The molecule has 8 bridgehead atoms. The molecule has 5 aliphatic heterocycles. The highest BCUT2D eigenvalue weighted by atomic mass is 32.2. The molecule has 13 nitrogen and oxygen atoms in total. The number of carboxylic acid groups (broad SMARTS) is 1. The van der Waals surface area contributed by atoms with Crippen molar-refractivity contribution in [2.75, 3.05) is 0 Å². The van der Waals surface area contributed by atoms with Gasteiger partial charge in [-0.1, -0.05) is 81.7 Å². The molecule has 17 unspecified atom stereocenters. The first-order valence-electron chi connectivity index (χ1n) is 22.2. The Kier molecular flexibility index (Phi) is 10.6. The summed E-state index contributed by atoms with van der Waals surface area (Å²) in [4.78, 5) is 12.8. The number of nitrogens with one attached hydrogen (secondary N) is 8. The van der Waals surface area contributed by atoms with E-state index in [1.54, 1.807) is 4.31 Å². The smallest absolute Gasteiger partial charge is 0.322 e. The number of aliphatic carboxylic acids is 1. The second kappa shape index (κ2) is 15.5. The summed E-state index contributed by atoms with van der Waals surface area (Å²) < 4.78 is 34.8. The summed E-state index contributed by atoms with van der Waals surface area (Å²) in [5.41, 5.74) is 0.788. The van der Waals surface area contributed by atoms with Crippen LogP contribution in [0, 0.1) is 47.3 Å². The molecule has 5 saturated heterocycles. The van der Waals surface area contributed by atoms with Crippen LogP contribution in [-0.2, 0) is 21.4 Å².